The molecule has 3 rings (SSSR count). The van der Waals surface area contributed by atoms with Crippen LogP contribution in [-0.2, 0) is 7.05 Å². The maximum absolute atomic E-state index is 6.20. The van der Waals surface area contributed by atoms with Gasteiger partial charge in [-0.3, -0.25) is 0 Å². The smallest absolute Gasteiger partial charge is 0.197 e. The summed E-state index contributed by atoms with van der Waals surface area (Å²) < 4.78 is 7.97. The van der Waals surface area contributed by atoms with Crippen molar-refractivity contribution >= 4 is 38.6 Å². The van der Waals surface area contributed by atoms with Gasteiger partial charge in [-0.05, 0) is 35.0 Å². The Morgan fingerprint density at radius 2 is 2.17 bits per heavy atom. The van der Waals surface area contributed by atoms with Crippen LogP contribution in [0.1, 0.15) is 5.69 Å². The molecule has 0 unspecified atom stereocenters. The third kappa shape index (κ3) is 1.58. The van der Waals surface area contributed by atoms with Gasteiger partial charge in [0.1, 0.15) is 10.8 Å². The van der Waals surface area contributed by atoms with E-state index in [9.17, 15) is 0 Å². The molecule has 4 nitrogen and oxygen atoms in total. The van der Waals surface area contributed by atoms with Crippen LogP contribution in [0.15, 0.2) is 27.3 Å². The van der Waals surface area contributed by atoms with Gasteiger partial charge in [-0.1, -0.05) is 11.6 Å². The van der Waals surface area contributed by atoms with E-state index in [1.165, 1.54) is 0 Å². The SMILES string of the molecule is Cc1nc(-c2ccco2)nc2c1c(Br)c(Cl)n2C. The number of halogens is 2. The largest absolute Gasteiger partial charge is 0.461 e. The average molecular weight is 327 g/mol. The fourth-order valence-electron chi connectivity index (χ4n) is 1.92. The van der Waals surface area contributed by atoms with E-state index in [0.29, 0.717) is 16.7 Å². The van der Waals surface area contributed by atoms with Gasteiger partial charge in [-0.15, -0.1) is 0 Å². The van der Waals surface area contributed by atoms with Gasteiger partial charge in [-0.25, -0.2) is 9.97 Å². The number of hydrogen-bond acceptors (Lipinski definition) is 3. The van der Waals surface area contributed by atoms with Crippen LogP contribution in [0.2, 0.25) is 5.15 Å². The number of hydrogen-bond donors (Lipinski definition) is 0. The molecular formula is C12H9BrClN3O. The Hall–Kier alpha value is -1.33. The summed E-state index contributed by atoms with van der Waals surface area (Å²) in [7, 11) is 1.87. The number of aromatic nitrogens is 3. The molecule has 0 aromatic carbocycles. The molecule has 0 spiro atoms. The normalized spacial score (nSPS) is 11.3. The third-order valence-corrected chi connectivity index (χ3v) is 4.27. The standard InChI is InChI=1S/C12H9BrClN3O/c1-6-8-9(13)10(14)17(2)12(8)16-11(15-6)7-4-3-5-18-7/h3-5H,1-2H3. The predicted octanol–water partition coefficient (Wildman–Crippen LogP) is 3.95. The Balaban J connectivity index is 2.38. The monoisotopic (exact) mass is 325 g/mol. The number of aryl methyl sites for hydroxylation is 2. The molecule has 3 aromatic rings. The molecule has 0 amide bonds. The van der Waals surface area contributed by atoms with E-state index in [0.717, 1.165) is 21.2 Å². The Labute approximate surface area is 117 Å². The predicted molar refractivity (Wildman–Crippen MR) is 73.7 cm³/mol. The van der Waals surface area contributed by atoms with E-state index < -0.39 is 0 Å². The molecule has 0 bridgehead atoms. The molecule has 0 saturated carbocycles. The van der Waals surface area contributed by atoms with Gasteiger partial charge >= 0.3 is 0 Å². The van der Waals surface area contributed by atoms with Crippen molar-refractivity contribution in [3.63, 3.8) is 0 Å². The summed E-state index contributed by atoms with van der Waals surface area (Å²) >= 11 is 9.66. The van der Waals surface area contributed by atoms with Gasteiger partial charge in [0.25, 0.3) is 0 Å². The van der Waals surface area contributed by atoms with Crippen molar-refractivity contribution in [3.8, 4) is 11.6 Å². The van der Waals surface area contributed by atoms with Crippen LogP contribution in [0.3, 0.4) is 0 Å². The van der Waals surface area contributed by atoms with Crippen molar-refractivity contribution in [2.75, 3.05) is 0 Å². The number of furan rings is 1. The lowest BCUT2D eigenvalue weighted by atomic mass is 10.3. The molecule has 92 valence electrons. The van der Waals surface area contributed by atoms with Crippen molar-refractivity contribution < 1.29 is 4.42 Å². The third-order valence-electron chi connectivity index (χ3n) is 2.83. The van der Waals surface area contributed by atoms with Crippen LogP contribution >= 0.6 is 27.5 Å². The van der Waals surface area contributed by atoms with Crippen molar-refractivity contribution in [3.05, 3.63) is 33.7 Å². The Morgan fingerprint density at radius 1 is 1.39 bits per heavy atom. The molecule has 0 atom stereocenters. The molecule has 0 aliphatic carbocycles. The average Bonchev–Trinajstić information content (AvgIpc) is 2.94. The van der Waals surface area contributed by atoms with Crippen LogP contribution < -0.4 is 0 Å². The van der Waals surface area contributed by atoms with E-state index in [4.69, 9.17) is 16.0 Å². The number of rotatable bonds is 1. The van der Waals surface area contributed by atoms with Gasteiger partial charge in [-0.2, -0.15) is 0 Å². The van der Waals surface area contributed by atoms with E-state index in [1.54, 1.807) is 6.26 Å². The van der Waals surface area contributed by atoms with Gasteiger partial charge in [0.05, 0.1) is 21.8 Å². The van der Waals surface area contributed by atoms with Crippen LogP contribution in [-0.4, -0.2) is 14.5 Å². The lowest BCUT2D eigenvalue weighted by Gasteiger charge is -2.01. The maximum Gasteiger partial charge on any atom is 0.197 e. The highest BCUT2D eigenvalue weighted by Gasteiger charge is 2.17. The minimum atomic E-state index is 0.565. The summed E-state index contributed by atoms with van der Waals surface area (Å²) in [5, 5.41) is 1.54. The molecule has 0 N–H and O–H groups in total. The van der Waals surface area contributed by atoms with Crippen LogP contribution in [0, 0.1) is 6.92 Å². The van der Waals surface area contributed by atoms with Crippen molar-refractivity contribution in [2.45, 2.75) is 6.92 Å². The second kappa shape index (κ2) is 4.10. The van der Waals surface area contributed by atoms with Gasteiger partial charge in [0, 0.05) is 7.05 Å². The van der Waals surface area contributed by atoms with Crippen molar-refractivity contribution in [2.24, 2.45) is 7.05 Å². The molecular weight excluding hydrogens is 318 g/mol. The Bertz CT molecular complexity index is 734. The Kier molecular flexibility index (Phi) is 2.68. The highest BCUT2D eigenvalue weighted by atomic mass is 79.9. The minimum absolute atomic E-state index is 0.565. The molecule has 0 fully saturated rings. The molecule has 0 saturated heterocycles. The maximum atomic E-state index is 6.20. The molecule has 0 aliphatic rings. The first-order valence-electron chi connectivity index (χ1n) is 5.31. The lowest BCUT2D eigenvalue weighted by Crippen LogP contribution is -1.96. The summed E-state index contributed by atoms with van der Waals surface area (Å²) in [6.45, 7) is 1.93. The van der Waals surface area contributed by atoms with Crippen LogP contribution in [0.5, 0.6) is 0 Å². The molecule has 0 radical (unpaired) electrons. The lowest BCUT2D eigenvalue weighted by molar-refractivity contribution is 0.577. The zero-order valence-electron chi connectivity index (χ0n) is 9.74. The first-order chi connectivity index (χ1) is 8.59. The second-order valence-corrected chi connectivity index (χ2v) is 5.12. The van der Waals surface area contributed by atoms with Crippen LogP contribution in [0.25, 0.3) is 22.6 Å². The first-order valence-corrected chi connectivity index (χ1v) is 6.48. The molecule has 18 heavy (non-hydrogen) atoms. The quantitative estimate of drug-likeness (QED) is 0.680. The fraction of sp³-hybridized carbons (Fsp3) is 0.167. The summed E-state index contributed by atoms with van der Waals surface area (Å²) in [5.41, 5.74) is 1.64. The summed E-state index contributed by atoms with van der Waals surface area (Å²) in [4.78, 5) is 8.96. The van der Waals surface area contributed by atoms with E-state index in [2.05, 4.69) is 25.9 Å². The number of nitrogens with zero attached hydrogens (tertiary/aromatic N) is 3. The van der Waals surface area contributed by atoms with Crippen molar-refractivity contribution in [1.29, 1.82) is 0 Å². The topological polar surface area (TPSA) is 43.9 Å². The summed E-state index contributed by atoms with van der Waals surface area (Å²) in [6, 6.07) is 3.65. The fourth-order valence-corrected chi connectivity index (χ4v) is 2.82. The zero-order valence-corrected chi connectivity index (χ0v) is 12.1. The molecule has 3 heterocycles. The van der Waals surface area contributed by atoms with Gasteiger partial charge in [0.15, 0.2) is 11.6 Å². The summed E-state index contributed by atoms with van der Waals surface area (Å²) in [5.74, 6) is 1.21. The molecule has 6 heteroatoms. The highest BCUT2D eigenvalue weighted by molar-refractivity contribution is 9.10. The van der Waals surface area contributed by atoms with Crippen LogP contribution in [0.4, 0.5) is 0 Å². The minimum Gasteiger partial charge on any atom is -0.461 e. The second-order valence-electron chi connectivity index (χ2n) is 3.97. The van der Waals surface area contributed by atoms with Gasteiger partial charge in [0.2, 0.25) is 0 Å². The first kappa shape index (κ1) is 11.7. The molecule has 3 aromatic heterocycles. The van der Waals surface area contributed by atoms with Gasteiger partial charge < -0.3 is 8.98 Å². The highest BCUT2D eigenvalue weighted by Crippen LogP contribution is 2.35. The van der Waals surface area contributed by atoms with E-state index in [1.807, 2.05) is 30.7 Å². The van der Waals surface area contributed by atoms with Crippen molar-refractivity contribution in [1.82, 2.24) is 14.5 Å². The Morgan fingerprint density at radius 3 is 2.83 bits per heavy atom. The number of fused-ring (bicyclic) bond motifs is 1. The van der Waals surface area contributed by atoms with E-state index >= 15 is 0 Å². The summed E-state index contributed by atoms with van der Waals surface area (Å²) in [6.07, 6.45) is 1.60. The zero-order chi connectivity index (χ0) is 12.9. The van der Waals surface area contributed by atoms with E-state index in [-0.39, 0.29) is 0 Å². The molecule has 0 aliphatic heterocycles.